The number of hydrogen-bond acceptors (Lipinski definition) is 4. The molecule has 2 heterocycles. The summed E-state index contributed by atoms with van der Waals surface area (Å²) in [5.74, 6) is 0.00456. The molecule has 0 saturated heterocycles. The molecule has 0 atom stereocenters. The number of anilines is 2. The van der Waals surface area contributed by atoms with Crippen molar-refractivity contribution >= 4 is 35.4 Å². The Kier molecular flexibility index (Phi) is 4.02. The first-order valence-corrected chi connectivity index (χ1v) is 8.26. The molecule has 3 aromatic rings. The van der Waals surface area contributed by atoms with E-state index in [9.17, 15) is 9.59 Å². The number of hydrogen-bond donors (Lipinski definition) is 3. The second kappa shape index (κ2) is 6.49. The number of nitrogens with zero attached hydrogens (tertiary/aromatic N) is 1. The summed E-state index contributed by atoms with van der Waals surface area (Å²) in [5.41, 5.74) is 2.22. The van der Waals surface area contributed by atoms with E-state index in [4.69, 9.17) is 17.0 Å². The van der Waals surface area contributed by atoms with Gasteiger partial charge in [-0.15, -0.1) is 0 Å². The molecular formula is C18H14N4O3S. The number of imidazole rings is 1. The van der Waals surface area contributed by atoms with Crippen molar-refractivity contribution in [2.75, 3.05) is 17.2 Å². The molecule has 8 heteroatoms. The number of carbonyl (C=O) groups excluding carboxylic acids is 2. The van der Waals surface area contributed by atoms with Crippen molar-refractivity contribution in [2.24, 2.45) is 0 Å². The van der Waals surface area contributed by atoms with E-state index >= 15 is 0 Å². The molecule has 4 rings (SSSR count). The number of benzene rings is 2. The van der Waals surface area contributed by atoms with Crippen molar-refractivity contribution < 1.29 is 14.3 Å². The minimum absolute atomic E-state index is 0.0132. The summed E-state index contributed by atoms with van der Waals surface area (Å²) in [4.78, 5) is 27.1. The lowest BCUT2D eigenvalue weighted by molar-refractivity contribution is -0.118. The van der Waals surface area contributed by atoms with Crippen LogP contribution in [0.2, 0.25) is 0 Å². The van der Waals surface area contributed by atoms with Crippen molar-refractivity contribution in [3.63, 3.8) is 0 Å². The third kappa shape index (κ3) is 2.98. The van der Waals surface area contributed by atoms with E-state index in [0.717, 1.165) is 5.69 Å². The molecule has 0 aliphatic carbocycles. The van der Waals surface area contributed by atoms with Gasteiger partial charge in [0.2, 0.25) is 0 Å². The van der Waals surface area contributed by atoms with E-state index in [1.54, 1.807) is 29.0 Å². The van der Waals surface area contributed by atoms with Crippen molar-refractivity contribution in [3.05, 3.63) is 65.2 Å². The Balaban J connectivity index is 1.63. The van der Waals surface area contributed by atoms with Crippen LogP contribution in [0.3, 0.4) is 0 Å². The summed E-state index contributed by atoms with van der Waals surface area (Å²) in [7, 11) is 0. The van der Waals surface area contributed by atoms with Gasteiger partial charge < -0.3 is 20.4 Å². The zero-order chi connectivity index (χ0) is 18.1. The quantitative estimate of drug-likeness (QED) is 0.622. The van der Waals surface area contributed by atoms with Gasteiger partial charge in [0.15, 0.2) is 11.4 Å². The highest BCUT2D eigenvalue weighted by Gasteiger charge is 2.18. The molecule has 1 aliphatic rings. The molecule has 0 bridgehead atoms. The molecule has 0 saturated carbocycles. The largest absolute Gasteiger partial charge is 0.482 e. The van der Waals surface area contributed by atoms with Crippen LogP contribution < -0.4 is 15.4 Å². The highest BCUT2D eigenvalue weighted by atomic mass is 32.1. The molecular weight excluding hydrogens is 352 g/mol. The third-order valence-electron chi connectivity index (χ3n) is 3.89. The molecule has 130 valence electrons. The monoisotopic (exact) mass is 366 g/mol. The number of amides is 2. The van der Waals surface area contributed by atoms with Crippen LogP contribution in [0.5, 0.6) is 5.75 Å². The average Bonchev–Trinajstić information content (AvgIpc) is 3.04. The number of carbonyl (C=O) groups is 2. The smallest absolute Gasteiger partial charge is 0.274 e. The van der Waals surface area contributed by atoms with Crippen LogP contribution in [-0.2, 0) is 4.79 Å². The number of rotatable bonds is 3. The molecule has 3 N–H and O–H groups in total. The van der Waals surface area contributed by atoms with Gasteiger partial charge in [-0.05, 0) is 42.5 Å². The number of H-pyrrole nitrogens is 1. The van der Waals surface area contributed by atoms with E-state index < -0.39 is 0 Å². The molecule has 1 aromatic heterocycles. The first-order valence-electron chi connectivity index (χ1n) is 7.86. The molecule has 2 aromatic carbocycles. The SMILES string of the molecule is O=C1COc2ccc(NC(=O)c3c[nH]c(=S)n3-c3ccccc3)cc2N1. The van der Waals surface area contributed by atoms with E-state index in [-0.39, 0.29) is 18.4 Å². The molecule has 0 fully saturated rings. The van der Waals surface area contributed by atoms with Crippen LogP contribution in [0.25, 0.3) is 5.69 Å². The predicted molar refractivity (Wildman–Crippen MR) is 99.5 cm³/mol. The van der Waals surface area contributed by atoms with E-state index in [1.165, 1.54) is 0 Å². The summed E-state index contributed by atoms with van der Waals surface area (Å²) in [6.07, 6.45) is 1.56. The number of aromatic amines is 1. The Morgan fingerprint density at radius 2 is 2.00 bits per heavy atom. The third-order valence-corrected chi connectivity index (χ3v) is 4.19. The van der Waals surface area contributed by atoms with Gasteiger partial charge in [0.25, 0.3) is 11.8 Å². The Morgan fingerprint density at radius 1 is 1.19 bits per heavy atom. The highest BCUT2D eigenvalue weighted by molar-refractivity contribution is 7.71. The van der Waals surface area contributed by atoms with Crippen molar-refractivity contribution in [2.45, 2.75) is 0 Å². The number of nitrogens with one attached hydrogen (secondary N) is 3. The van der Waals surface area contributed by atoms with Gasteiger partial charge in [-0.2, -0.15) is 0 Å². The highest BCUT2D eigenvalue weighted by Crippen LogP contribution is 2.30. The summed E-state index contributed by atoms with van der Waals surface area (Å²) >= 11 is 5.30. The van der Waals surface area contributed by atoms with Crippen molar-refractivity contribution in [1.29, 1.82) is 0 Å². The summed E-state index contributed by atoms with van der Waals surface area (Å²) < 4.78 is 7.40. The van der Waals surface area contributed by atoms with E-state index in [2.05, 4.69) is 15.6 Å². The van der Waals surface area contributed by atoms with Crippen LogP contribution in [0, 0.1) is 4.77 Å². The van der Waals surface area contributed by atoms with Gasteiger partial charge in [0, 0.05) is 17.6 Å². The zero-order valence-corrected chi connectivity index (χ0v) is 14.3. The molecule has 0 spiro atoms. The fourth-order valence-corrected chi connectivity index (χ4v) is 2.99. The fraction of sp³-hybridized carbons (Fsp3) is 0.0556. The predicted octanol–water partition coefficient (Wildman–Crippen LogP) is 3.12. The average molecular weight is 366 g/mol. The van der Waals surface area contributed by atoms with Gasteiger partial charge in [-0.3, -0.25) is 14.2 Å². The Labute approximate surface area is 153 Å². The molecule has 26 heavy (non-hydrogen) atoms. The van der Waals surface area contributed by atoms with Crippen LogP contribution in [0.1, 0.15) is 10.5 Å². The second-order valence-corrected chi connectivity index (χ2v) is 6.04. The standard InChI is InChI=1S/C18H14N4O3S/c23-16-10-25-15-7-6-11(8-13(15)21-16)20-17(24)14-9-19-18(26)22(14)12-4-2-1-3-5-12/h1-9H,10H2,(H,19,26)(H,20,24)(H,21,23). The van der Waals surface area contributed by atoms with Crippen LogP contribution in [0.4, 0.5) is 11.4 Å². The van der Waals surface area contributed by atoms with Gasteiger partial charge in [0.1, 0.15) is 11.4 Å². The maximum Gasteiger partial charge on any atom is 0.274 e. The lowest BCUT2D eigenvalue weighted by Crippen LogP contribution is -2.25. The topological polar surface area (TPSA) is 88.2 Å². The van der Waals surface area contributed by atoms with Gasteiger partial charge in [-0.1, -0.05) is 18.2 Å². The summed E-state index contributed by atoms with van der Waals surface area (Å²) in [5, 5.41) is 5.53. The van der Waals surface area contributed by atoms with Crippen LogP contribution in [0.15, 0.2) is 54.7 Å². The van der Waals surface area contributed by atoms with Gasteiger partial charge in [0.05, 0.1) is 5.69 Å². The van der Waals surface area contributed by atoms with Gasteiger partial charge in [-0.25, -0.2) is 0 Å². The zero-order valence-electron chi connectivity index (χ0n) is 13.5. The molecule has 2 amide bonds. The molecule has 7 nitrogen and oxygen atoms in total. The first kappa shape index (κ1) is 16.1. The first-order chi connectivity index (χ1) is 12.6. The van der Waals surface area contributed by atoms with Crippen LogP contribution in [-0.4, -0.2) is 28.0 Å². The number of para-hydroxylation sites is 1. The number of aromatic nitrogens is 2. The van der Waals surface area contributed by atoms with Gasteiger partial charge >= 0.3 is 0 Å². The molecule has 0 unspecified atom stereocenters. The minimum atomic E-state index is -0.329. The summed E-state index contributed by atoms with van der Waals surface area (Å²) in [6, 6.07) is 14.4. The lowest BCUT2D eigenvalue weighted by atomic mass is 10.2. The lowest BCUT2D eigenvalue weighted by Gasteiger charge is -2.18. The number of fused-ring (bicyclic) bond motifs is 1. The Morgan fingerprint density at radius 3 is 2.81 bits per heavy atom. The van der Waals surface area contributed by atoms with Crippen LogP contribution >= 0.6 is 12.2 Å². The second-order valence-electron chi connectivity index (χ2n) is 5.65. The fourth-order valence-electron chi connectivity index (χ4n) is 2.73. The van der Waals surface area contributed by atoms with E-state index in [0.29, 0.717) is 27.6 Å². The molecule has 0 radical (unpaired) electrons. The normalized spacial score (nSPS) is 12.7. The maximum absolute atomic E-state index is 12.7. The molecule has 1 aliphatic heterocycles. The number of ether oxygens (including phenoxy) is 1. The Bertz CT molecular complexity index is 1060. The summed E-state index contributed by atoms with van der Waals surface area (Å²) in [6.45, 7) is -0.0132. The minimum Gasteiger partial charge on any atom is -0.482 e. The van der Waals surface area contributed by atoms with E-state index in [1.807, 2.05) is 30.3 Å². The van der Waals surface area contributed by atoms with Crippen molar-refractivity contribution in [3.8, 4) is 11.4 Å². The maximum atomic E-state index is 12.7. The van der Waals surface area contributed by atoms with Crippen molar-refractivity contribution in [1.82, 2.24) is 9.55 Å². The Hall–Kier alpha value is -3.39.